The molecule has 3 rings (SSSR count). The van der Waals surface area contributed by atoms with Gasteiger partial charge in [0.05, 0.1) is 11.1 Å². The molecule has 0 spiro atoms. The van der Waals surface area contributed by atoms with Crippen molar-refractivity contribution < 1.29 is 23.5 Å². The molecule has 25 heavy (non-hydrogen) atoms. The molecule has 1 aliphatic carbocycles. The lowest BCUT2D eigenvalue weighted by Gasteiger charge is -2.20. The molecule has 1 aromatic carbocycles. The molecular weight excluding hydrogens is 348 g/mol. The van der Waals surface area contributed by atoms with Crippen molar-refractivity contribution in [3.8, 4) is 0 Å². The van der Waals surface area contributed by atoms with Crippen LogP contribution in [0.4, 0.5) is 13.8 Å². The highest BCUT2D eigenvalue weighted by atomic mass is 32.1. The summed E-state index contributed by atoms with van der Waals surface area (Å²) in [6.45, 7) is 2.10. The van der Waals surface area contributed by atoms with Crippen molar-refractivity contribution in [3.63, 3.8) is 0 Å². The number of carboxylic acids is 1. The van der Waals surface area contributed by atoms with Gasteiger partial charge in [0.15, 0.2) is 0 Å². The molecule has 0 fully saturated rings. The van der Waals surface area contributed by atoms with Gasteiger partial charge in [0, 0.05) is 10.9 Å². The fourth-order valence-electron chi connectivity index (χ4n) is 3.16. The van der Waals surface area contributed by atoms with Gasteiger partial charge < -0.3 is 10.4 Å². The summed E-state index contributed by atoms with van der Waals surface area (Å²) in [5.41, 5.74) is 0.526. The van der Waals surface area contributed by atoms with Crippen LogP contribution in [0.2, 0.25) is 0 Å². The number of hydrogen-bond donors (Lipinski definition) is 2. The summed E-state index contributed by atoms with van der Waals surface area (Å²) in [4.78, 5) is 24.9. The van der Waals surface area contributed by atoms with Gasteiger partial charge in [-0.1, -0.05) is 13.3 Å². The number of carboxylic acid groups (broad SMARTS) is 1. The van der Waals surface area contributed by atoms with Crippen LogP contribution >= 0.6 is 11.3 Å². The molecule has 1 heterocycles. The number of benzene rings is 1. The summed E-state index contributed by atoms with van der Waals surface area (Å²) in [5, 5.41) is 12.2. The molecule has 0 saturated carbocycles. The van der Waals surface area contributed by atoms with Gasteiger partial charge in [-0.25, -0.2) is 13.6 Å². The van der Waals surface area contributed by atoms with E-state index in [1.54, 1.807) is 0 Å². The first-order valence-electron chi connectivity index (χ1n) is 8.05. The molecule has 1 aliphatic rings. The molecule has 2 aromatic rings. The number of amides is 1. The van der Waals surface area contributed by atoms with E-state index in [0.717, 1.165) is 41.8 Å². The predicted octanol–water partition coefficient (Wildman–Crippen LogP) is 4.49. The van der Waals surface area contributed by atoms with Crippen LogP contribution < -0.4 is 5.32 Å². The lowest BCUT2D eigenvalue weighted by molar-refractivity contribution is 0.0697. The van der Waals surface area contributed by atoms with Crippen molar-refractivity contribution in [3.05, 3.63) is 51.4 Å². The highest BCUT2D eigenvalue weighted by molar-refractivity contribution is 7.17. The van der Waals surface area contributed by atoms with Crippen LogP contribution in [-0.2, 0) is 12.8 Å². The third kappa shape index (κ3) is 3.42. The van der Waals surface area contributed by atoms with Gasteiger partial charge in [-0.3, -0.25) is 4.79 Å². The molecular formula is C18H17F2NO3S. The Morgan fingerprint density at radius 1 is 1.36 bits per heavy atom. The van der Waals surface area contributed by atoms with E-state index in [1.165, 1.54) is 11.3 Å². The number of carbonyl (C=O) groups excluding carboxylic acids is 1. The molecule has 0 saturated heterocycles. The largest absolute Gasteiger partial charge is 0.478 e. The fourth-order valence-corrected chi connectivity index (χ4v) is 4.51. The average molecular weight is 365 g/mol. The molecule has 0 bridgehead atoms. The molecule has 132 valence electrons. The zero-order valence-corrected chi connectivity index (χ0v) is 14.4. The van der Waals surface area contributed by atoms with Crippen molar-refractivity contribution in [2.75, 3.05) is 5.32 Å². The Morgan fingerprint density at radius 3 is 2.76 bits per heavy atom. The summed E-state index contributed by atoms with van der Waals surface area (Å²) in [6, 6.07) is 2.65. The number of anilines is 1. The van der Waals surface area contributed by atoms with E-state index in [-0.39, 0.29) is 16.1 Å². The number of hydrogen-bond acceptors (Lipinski definition) is 3. The van der Waals surface area contributed by atoms with Crippen molar-refractivity contribution in [1.29, 1.82) is 0 Å². The zero-order chi connectivity index (χ0) is 18.1. The van der Waals surface area contributed by atoms with Crippen LogP contribution in [0.3, 0.4) is 0 Å². The third-order valence-corrected chi connectivity index (χ3v) is 5.73. The minimum Gasteiger partial charge on any atom is -0.478 e. The van der Waals surface area contributed by atoms with Gasteiger partial charge in [0.1, 0.15) is 16.6 Å². The highest BCUT2D eigenvalue weighted by Gasteiger charge is 2.29. The minimum absolute atomic E-state index is 0.0884. The molecule has 1 atom stereocenters. The van der Waals surface area contributed by atoms with Crippen LogP contribution in [0.25, 0.3) is 0 Å². The zero-order valence-electron chi connectivity index (χ0n) is 13.6. The van der Waals surface area contributed by atoms with Gasteiger partial charge in [-0.2, -0.15) is 0 Å². The normalized spacial score (nSPS) is 16.4. The first kappa shape index (κ1) is 17.5. The van der Waals surface area contributed by atoms with E-state index in [9.17, 15) is 23.5 Å². The van der Waals surface area contributed by atoms with E-state index in [0.29, 0.717) is 18.4 Å². The molecule has 1 amide bonds. The van der Waals surface area contributed by atoms with Gasteiger partial charge in [-0.05, 0) is 42.9 Å². The number of aromatic carboxylic acids is 1. The first-order chi connectivity index (χ1) is 11.9. The Labute approximate surface area is 147 Å². The molecule has 1 unspecified atom stereocenters. The number of thiophene rings is 1. The van der Waals surface area contributed by atoms with E-state index in [4.69, 9.17) is 0 Å². The van der Waals surface area contributed by atoms with E-state index < -0.39 is 23.5 Å². The van der Waals surface area contributed by atoms with Crippen molar-refractivity contribution in [1.82, 2.24) is 0 Å². The Morgan fingerprint density at radius 2 is 2.12 bits per heavy atom. The Balaban J connectivity index is 1.93. The number of nitrogens with one attached hydrogen (secondary N) is 1. The summed E-state index contributed by atoms with van der Waals surface area (Å²) in [5.74, 6) is -3.15. The summed E-state index contributed by atoms with van der Waals surface area (Å²) in [7, 11) is 0. The summed E-state index contributed by atoms with van der Waals surface area (Å²) < 4.78 is 26.8. The molecule has 7 heteroatoms. The van der Waals surface area contributed by atoms with Crippen molar-refractivity contribution in [2.24, 2.45) is 5.92 Å². The summed E-state index contributed by atoms with van der Waals surface area (Å²) >= 11 is 1.23. The van der Waals surface area contributed by atoms with E-state index >= 15 is 0 Å². The number of rotatable bonds is 4. The molecule has 0 aliphatic heterocycles. The fraction of sp³-hybridized carbons (Fsp3) is 0.333. The molecule has 4 nitrogen and oxygen atoms in total. The highest BCUT2D eigenvalue weighted by Crippen LogP contribution is 2.40. The Bertz CT molecular complexity index is 847. The molecule has 2 N–H and O–H groups in total. The summed E-state index contributed by atoms with van der Waals surface area (Å²) in [6.07, 6.45) is 3.38. The van der Waals surface area contributed by atoms with E-state index in [1.807, 2.05) is 0 Å². The Kier molecular flexibility index (Phi) is 4.85. The topological polar surface area (TPSA) is 66.4 Å². The Hall–Kier alpha value is -2.28. The lowest BCUT2D eigenvalue weighted by atomic mass is 9.86. The van der Waals surface area contributed by atoms with Gasteiger partial charge in [0.25, 0.3) is 5.91 Å². The smallest absolute Gasteiger partial charge is 0.339 e. The van der Waals surface area contributed by atoms with Crippen LogP contribution in [0.15, 0.2) is 18.2 Å². The second-order valence-electron chi connectivity index (χ2n) is 6.11. The van der Waals surface area contributed by atoms with Crippen molar-refractivity contribution in [2.45, 2.75) is 32.6 Å². The first-order valence-corrected chi connectivity index (χ1v) is 8.86. The van der Waals surface area contributed by atoms with Crippen LogP contribution in [0.5, 0.6) is 0 Å². The lowest BCUT2D eigenvalue weighted by Crippen LogP contribution is -2.16. The van der Waals surface area contributed by atoms with Crippen LogP contribution in [-0.4, -0.2) is 17.0 Å². The monoisotopic (exact) mass is 365 g/mol. The quantitative estimate of drug-likeness (QED) is 0.839. The number of fused-ring (bicyclic) bond motifs is 1. The molecule has 0 radical (unpaired) electrons. The average Bonchev–Trinajstić information content (AvgIpc) is 2.91. The maximum absolute atomic E-state index is 13.8. The van der Waals surface area contributed by atoms with Crippen LogP contribution in [0.1, 0.15) is 50.9 Å². The predicted molar refractivity (Wildman–Crippen MR) is 91.4 cm³/mol. The van der Waals surface area contributed by atoms with Gasteiger partial charge in [0.2, 0.25) is 0 Å². The molecule has 1 aromatic heterocycles. The maximum Gasteiger partial charge on any atom is 0.339 e. The number of carbonyl (C=O) groups is 2. The SMILES string of the molecule is CCC1CCc2c(sc(NC(=O)c3ccc(F)cc3F)c2C(=O)O)C1. The van der Waals surface area contributed by atoms with Crippen molar-refractivity contribution >= 4 is 28.2 Å². The standard InChI is InChI=1S/C18H17F2NO3S/c1-2-9-3-5-12-14(7-9)25-17(15(12)18(23)24)21-16(22)11-6-4-10(19)8-13(11)20/h4,6,8-9H,2-3,5,7H2,1H3,(H,21,22)(H,23,24). The van der Waals surface area contributed by atoms with Gasteiger partial charge >= 0.3 is 5.97 Å². The second-order valence-corrected chi connectivity index (χ2v) is 7.21. The minimum atomic E-state index is -1.11. The van der Waals surface area contributed by atoms with Crippen LogP contribution in [0, 0.1) is 17.6 Å². The van der Waals surface area contributed by atoms with E-state index in [2.05, 4.69) is 12.2 Å². The third-order valence-electron chi connectivity index (χ3n) is 4.56. The number of halogens is 2. The van der Waals surface area contributed by atoms with Gasteiger partial charge in [-0.15, -0.1) is 11.3 Å². The maximum atomic E-state index is 13.8. The second kappa shape index (κ2) is 6.92.